The monoisotopic (exact) mass is 205 g/mol. The summed E-state index contributed by atoms with van der Waals surface area (Å²) in [7, 11) is 0. The van der Waals surface area contributed by atoms with Crippen LogP contribution in [0.2, 0.25) is 0 Å². The maximum Gasteiger partial charge on any atom is 0.303 e. The van der Waals surface area contributed by atoms with E-state index in [0.717, 1.165) is 5.56 Å². The number of carbonyl (C=O) groups is 1. The van der Waals surface area contributed by atoms with Gasteiger partial charge in [0, 0.05) is 12.1 Å². The molecule has 3 nitrogen and oxygen atoms in total. The van der Waals surface area contributed by atoms with Crippen LogP contribution in [0.15, 0.2) is 36.4 Å². The van der Waals surface area contributed by atoms with Crippen LogP contribution in [-0.4, -0.2) is 11.1 Å². The Kier molecular flexibility index (Phi) is 4.41. The van der Waals surface area contributed by atoms with Crippen LogP contribution in [0.5, 0.6) is 0 Å². The zero-order valence-electron chi connectivity index (χ0n) is 8.52. The molecule has 0 aliphatic heterocycles. The van der Waals surface area contributed by atoms with Crippen molar-refractivity contribution in [3.05, 3.63) is 42.0 Å². The first kappa shape index (κ1) is 11.3. The summed E-state index contributed by atoms with van der Waals surface area (Å²) in [6, 6.07) is 9.65. The Morgan fingerprint density at radius 2 is 2.00 bits per heavy atom. The Bertz CT molecular complexity index is 344. The summed E-state index contributed by atoms with van der Waals surface area (Å²) in [6.45, 7) is 0. The minimum absolute atomic E-state index is 0.193. The van der Waals surface area contributed by atoms with Gasteiger partial charge in [0.05, 0.1) is 0 Å². The van der Waals surface area contributed by atoms with E-state index in [-0.39, 0.29) is 6.42 Å². The van der Waals surface area contributed by atoms with Gasteiger partial charge in [0.1, 0.15) is 0 Å². The number of hydrogen-bond acceptors (Lipinski definition) is 2. The molecule has 1 rings (SSSR count). The van der Waals surface area contributed by atoms with Crippen LogP contribution in [-0.2, 0) is 4.79 Å². The van der Waals surface area contributed by atoms with Gasteiger partial charge in [-0.05, 0) is 18.4 Å². The van der Waals surface area contributed by atoms with Crippen molar-refractivity contribution in [2.75, 3.05) is 0 Å². The highest BCUT2D eigenvalue weighted by Crippen LogP contribution is 2.09. The highest BCUT2D eigenvalue weighted by Gasteiger charge is 1.96. The standard InChI is InChI=1S/C12H15NO2/c13-11(8-4-5-9-12(14)15)10-6-2-1-3-7-10/h1-3,6-8H,4-5,9,13H2,(H,14,15)/b11-8-. The van der Waals surface area contributed by atoms with E-state index in [1.807, 2.05) is 36.4 Å². The van der Waals surface area contributed by atoms with Gasteiger partial charge in [-0.2, -0.15) is 0 Å². The van der Waals surface area contributed by atoms with Gasteiger partial charge in [-0.3, -0.25) is 4.79 Å². The lowest BCUT2D eigenvalue weighted by atomic mass is 10.1. The van der Waals surface area contributed by atoms with E-state index >= 15 is 0 Å². The maximum absolute atomic E-state index is 10.3. The first-order valence-corrected chi connectivity index (χ1v) is 4.93. The largest absolute Gasteiger partial charge is 0.481 e. The minimum atomic E-state index is -0.762. The molecule has 0 spiro atoms. The average molecular weight is 205 g/mol. The van der Waals surface area contributed by atoms with Crippen LogP contribution < -0.4 is 5.73 Å². The fourth-order valence-electron chi connectivity index (χ4n) is 1.26. The van der Waals surface area contributed by atoms with E-state index in [9.17, 15) is 4.79 Å². The van der Waals surface area contributed by atoms with Gasteiger partial charge in [-0.25, -0.2) is 0 Å². The molecule has 0 fully saturated rings. The lowest BCUT2D eigenvalue weighted by Gasteiger charge is -2.00. The van der Waals surface area contributed by atoms with Gasteiger partial charge in [-0.1, -0.05) is 36.4 Å². The number of carboxylic acids is 1. The van der Waals surface area contributed by atoms with Crippen molar-refractivity contribution in [1.29, 1.82) is 0 Å². The van der Waals surface area contributed by atoms with Gasteiger partial charge in [0.2, 0.25) is 0 Å². The summed E-state index contributed by atoms with van der Waals surface area (Å²) in [4.78, 5) is 10.3. The maximum atomic E-state index is 10.3. The zero-order chi connectivity index (χ0) is 11.1. The van der Waals surface area contributed by atoms with Crippen molar-refractivity contribution < 1.29 is 9.90 Å². The van der Waals surface area contributed by atoms with E-state index in [0.29, 0.717) is 18.5 Å². The summed E-state index contributed by atoms with van der Waals surface area (Å²) < 4.78 is 0. The molecule has 80 valence electrons. The van der Waals surface area contributed by atoms with Crippen LogP contribution in [0.3, 0.4) is 0 Å². The predicted molar refractivity (Wildman–Crippen MR) is 60.1 cm³/mol. The normalized spacial score (nSPS) is 11.3. The number of benzene rings is 1. The van der Waals surface area contributed by atoms with E-state index in [4.69, 9.17) is 10.8 Å². The van der Waals surface area contributed by atoms with Crippen LogP contribution in [0.4, 0.5) is 0 Å². The lowest BCUT2D eigenvalue weighted by Crippen LogP contribution is -1.97. The van der Waals surface area contributed by atoms with Crippen molar-refractivity contribution in [2.45, 2.75) is 19.3 Å². The molecule has 0 aliphatic rings. The SMILES string of the molecule is N/C(=C\CCCC(=O)O)c1ccccc1. The lowest BCUT2D eigenvalue weighted by molar-refractivity contribution is -0.137. The van der Waals surface area contributed by atoms with Gasteiger partial charge in [-0.15, -0.1) is 0 Å². The molecule has 1 aromatic rings. The first-order valence-electron chi connectivity index (χ1n) is 4.93. The summed E-state index contributed by atoms with van der Waals surface area (Å²) in [6.07, 6.45) is 3.40. The second-order valence-electron chi connectivity index (χ2n) is 3.31. The minimum Gasteiger partial charge on any atom is -0.481 e. The fraction of sp³-hybridized carbons (Fsp3) is 0.250. The summed E-state index contributed by atoms with van der Waals surface area (Å²) in [5, 5.41) is 8.44. The third-order valence-electron chi connectivity index (χ3n) is 2.07. The predicted octanol–water partition coefficient (Wildman–Crippen LogP) is 2.24. The third-order valence-corrected chi connectivity index (χ3v) is 2.07. The number of nitrogens with two attached hydrogens (primary N) is 1. The summed E-state index contributed by atoms with van der Waals surface area (Å²) >= 11 is 0. The Hall–Kier alpha value is -1.77. The highest BCUT2D eigenvalue weighted by molar-refractivity contribution is 5.66. The molecule has 0 aromatic heterocycles. The van der Waals surface area contributed by atoms with Gasteiger partial charge < -0.3 is 10.8 Å². The van der Waals surface area contributed by atoms with E-state index in [2.05, 4.69) is 0 Å². The molecule has 3 N–H and O–H groups in total. The number of carboxylic acid groups (broad SMARTS) is 1. The number of hydrogen-bond donors (Lipinski definition) is 2. The molecule has 1 aromatic carbocycles. The molecule has 0 bridgehead atoms. The van der Waals surface area contributed by atoms with E-state index < -0.39 is 5.97 Å². The first-order chi connectivity index (χ1) is 7.20. The zero-order valence-corrected chi connectivity index (χ0v) is 8.52. The second kappa shape index (κ2) is 5.86. The summed E-state index contributed by atoms with van der Waals surface area (Å²) in [5.74, 6) is -0.762. The second-order valence-corrected chi connectivity index (χ2v) is 3.31. The van der Waals surface area contributed by atoms with Crippen molar-refractivity contribution in [3.63, 3.8) is 0 Å². The van der Waals surface area contributed by atoms with Gasteiger partial charge >= 0.3 is 5.97 Å². The third kappa shape index (κ3) is 4.31. The molecule has 0 heterocycles. The smallest absolute Gasteiger partial charge is 0.303 e. The molecular weight excluding hydrogens is 190 g/mol. The molecule has 0 saturated heterocycles. The van der Waals surface area contributed by atoms with Gasteiger partial charge in [0.25, 0.3) is 0 Å². The molecule has 0 radical (unpaired) electrons. The number of aliphatic carboxylic acids is 1. The van der Waals surface area contributed by atoms with Crippen molar-refractivity contribution in [2.24, 2.45) is 5.73 Å². The molecule has 0 saturated carbocycles. The molecule has 3 heteroatoms. The molecule has 0 aliphatic carbocycles. The van der Waals surface area contributed by atoms with Crippen LogP contribution >= 0.6 is 0 Å². The van der Waals surface area contributed by atoms with Crippen LogP contribution in [0.1, 0.15) is 24.8 Å². The Morgan fingerprint density at radius 3 is 2.60 bits per heavy atom. The molecule has 0 atom stereocenters. The van der Waals surface area contributed by atoms with Crippen LogP contribution in [0, 0.1) is 0 Å². The van der Waals surface area contributed by atoms with Gasteiger partial charge in [0.15, 0.2) is 0 Å². The highest BCUT2D eigenvalue weighted by atomic mass is 16.4. The Morgan fingerprint density at radius 1 is 1.33 bits per heavy atom. The van der Waals surface area contributed by atoms with E-state index in [1.54, 1.807) is 0 Å². The number of rotatable bonds is 5. The number of unbranched alkanes of at least 4 members (excludes halogenated alkanes) is 1. The summed E-state index contributed by atoms with van der Waals surface area (Å²) in [5.41, 5.74) is 7.51. The topological polar surface area (TPSA) is 63.3 Å². The molecular formula is C12H15NO2. The molecule has 0 unspecified atom stereocenters. The molecule has 15 heavy (non-hydrogen) atoms. The molecule has 0 amide bonds. The quantitative estimate of drug-likeness (QED) is 0.724. The van der Waals surface area contributed by atoms with Crippen molar-refractivity contribution >= 4 is 11.7 Å². The Balaban J connectivity index is 2.43. The van der Waals surface area contributed by atoms with Crippen LogP contribution in [0.25, 0.3) is 5.70 Å². The number of allylic oxidation sites excluding steroid dienone is 1. The van der Waals surface area contributed by atoms with Crippen molar-refractivity contribution in [1.82, 2.24) is 0 Å². The van der Waals surface area contributed by atoms with Crippen molar-refractivity contribution in [3.8, 4) is 0 Å². The Labute approximate surface area is 89.2 Å². The fourth-order valence-corrected chi connectivity index (χ4v) is 1.26. The van der Waals surface area contributed by atoms with E-state index in [1.165, 1.54) is 0 Å². The average Bonchev–Trinajstić information content (AvgIpc) is 2.25.